The van der Waals surface area contributed by atoms with Gasteiger partial charge in [-0.25, -0.2) is 4.52 Å². The zero-order chi connectivity index (χ0) is 16.7. The number of nitrogens with zero attached hydrogens (tertiary/aromatic N) is 3. The fourth-order valence-electron chi connectivity index (χ4n) is 3.11. The number of rotatable bonds is 4. The summed E-state index contributed by atoms with van der Waals surface area (Å²) in [5.41, 5.74) is 3.13. The Balaban J connectivity index is 1.48. The molecule has 1 aliphatic heterocycles. The second-order valence-corrected chi connectivity index (χ2v) is 6.58. The fourth-order valence-corrected chi connectivity index (χ4v) is 3.70. The standard InChI is InChI=1S/C18H14BrN3O2/c19-15-8-4-10-22-16(15)12(11-20-22)5-3-9-21-17(23)13-6-1-2-7-14(13)18(21)24/h1-2,4,6-8,10-11H,3,5,9H2. The van der Waals surface area contributed by atoms with Gasteiger partial charge in [0.25, 0.3) is 11.8 Å². The highest BCUT2D eigenvalue weighted by Crippen LogP contribution is 2.24. The van der Waals surface area contributed by atoms with E-state index in [1.165, 1.54) is 4.90 Å². The third-order valence-corrected chi connectivity index (χ3v) is 4.91. The molecule has 3 heterocycles. The van der Waals surface area contributed by atoms with Crippen molar-refractivity contribution in [1.29, 1.82) is 0 Å². The summed E-state index contributed by atoms with van der Waals surface area (Å²) in [6, 6.07) is 10.9. The fraction of sp³-hybridized carbons (Fsp3) is 0.167. The molecule has 0 saturated heterocycles. The van der Waals surface area contributed by atoms with Crippen LogP contribution in [-0.4, -0.2) is 32.9 Å². The van der Waals surface area contributed by atoms with Crippen LogP contribution in [0.1, 0.15) is 32.7 Å². The van der Waals surface area contributed by atoms with Gasteiger partial charge in [0.1, 0.15) is 0 Å². The molecule has 0 N–H and O–H groups in total. The predicted octanol–water partition coefficient (Wildman–Crippen LogP) is 3.33. The normalized spacial score (nSPS) is 13.8. The van der Waals surface area contributed by atoms with E-state index in [1.54, 1.807) is 24.3 Å². The Morgan fingerprint density at radius 1 is 1.00 bits per heavy atom. The molecule has 6 heteroatoms. The Labute approximate surface area is 147 Å². The van der Waals surface area contributed by atoms with Crippen molar-refractivity contribution in [2.24, 2.45) is 0 Å². The van der Waals surface area contributed by atoms with Gasteiger partial charge in [0.05, 0.1) is 22.8 Å². The summed E-state index contributed by atoms with van der Waals surface area (Å²) < 4.78 is 2.81. The molecule has 1 aromatic carbocycles. The molecule has 0 fully saturated rings. The first-order valence-electron chi connectivity index (χ1n) is 7.73. The van der Waals surface area contributed by atoms with Gasteiger partial charge >= 0.3 is 0 Å². The lowest BCUT2D eigenvalue weighted by Gasteiger charge is -2.13. The second-order valence-electron chi connectivity index (χ2n) is 5.73. The van der Waals surface area contributed by atoms with Crippen molar-refractivity contribution < 1.29 is 9.59 Å². The Hall–Kier alpha value is -2.47. The van der Waals surface area contributed by atoms with Crippen LogP contribution in [-0.2, 0) is 6.42 Å². The number of carbonyl (C=O) groups excluding carboxylic acids is 2. The molecular formula is C18H14BrN3O2. The first-order chi connectivity index (χ1) is 11.7. The smallest absolute Gasteiger partial charge is 0.261 e. The predicted molar refractivity (Wildman–Crippen MR) is 93.0 cm³/mol. The number of fused-ring (bicyclic) bond motifs is 2. The van der Waals surface area contributed by atoms with Crippen LogP contribution in [0.5, 0.6) is 0 Å². The largest absolute Gasteiger partial charge is 0.274 e. The van der Waals surface area contributed by atoms with E-state index in [0.717, 1.165) is 22.0 Å². The molecule has 2 amide bonds. The van der Waals surface area contributed by atoms with Gasteiger partial charge in [-0.15, -0.1) is 0 Å². The van der Waals surface area contributed by atoms with Gasteiger partial charge in [-0.1, -0.05) is 12.1 Å². The number of hydrogen-bond donors (Lipinski definition) is 0. The van der Waals surface area contributed by atoms with Crippen LogP contribution in [0.25, 0.3) is 5.52 Å². The van der Waals surface area contributed by atoms with Gasteiger partial charge < -0.3 is 0 Å². The van der Waals surface area contributed by atoms with Gasteiger partial charge in [0.2, 0.25) is 0 Å². The summed E-state index contributed by atoms with van der Waals surface area (Å²) in [4.78, 5) is 26.0. The maximum atomic E-state index is 12.3. The van der Waals surface area contributed by atoms with E-state index in [2.05, 4.69) is 21.0 Å². The highest BCUT2D eigenvalue weighted by Gasteiger charge is 2.34. The van der Waals surface area contributed by atoms with E-state index < -0.39 is 0 Å². The first kappa shape index (κ1) is 15.1. The second kappa shape index (κ2) is 5.87. The summed E-state index contributed by atoms with van der Waals surface area (Å²) in [7, 11) is 0. The van der Waals surface area contributed by atoms with E-state index in [-0.39, 0.29) is 11.8 Å². The topological polar surface area (TPSA) is 54.7 Å². The van der Waals surface area contributed by atoms with Crippen LogP contribution in [0.2, 0.25) is 0 Å². The molecule has 0 atom stereocenters. The summed E-state index contributed by atoms with van der Waals surface area (Å²) >= 11 is 3.54. The Bertz CT molecular complexity index is 929. The van der Waals surface area contributed by atoms with Crippen LogP contribution in [0, 0.1) is 0 Å². The molecule has 0 radical (unpaired) electrons. The van der Waals surface area contributed by atoms with E-state index in [9.17, 15) is 9.59 Å². The molecule has 5 nitrogen and oxygen atoms in total. The Morgan fingerprint density at radius 3 is 2.42 bits per heavy atom. The highest BCUT2D eigenvalue weighted by molar-refractivity contribution is 9.10. The molecule has 120 valence electrons. The van der Waals surface area contributed by atoms with E-state index >= 15 is 0 Å². The molecule has 0 unspecified atom stereocenters. The molecule has 24 heavy (non-hydrogen) atoms. The van der Waals surface area contributed by atoms with Gasteiger partial charge in [-0.2, -0.15) is 5.10 Å². The van der Waals surface area contributed by atoms with Gasteiger partial charge in [0, 0.05) is 17.2 Å². The van der Waals surface area contributed by atoms with Gasteiger partial charge in [0.15, 0.2) is 0 Å². The minimum absolute atomic E-state index is 0.198. The summed E-state index contributed by atoms with van der Waals surface area (Å²) in [5, 5.41) is 4.33. The highest BCUT2D eigenvalue weighted by atomic mass is 79.9. The number of carbonyl (C=O) groups is 2. The van der Waals surface area contributed by atoms with Crippen molar-refractivity contribution in [3.05, 3.63) is 70.0 Å². The summed E-state index contributed by atoms with van der Waals surface area (Å²) in [6.45, 7) is 0.411. The van der Waals surface area contributed by atoms with Crippen LogP contribution >= 0.6 is 15.9 Å². The molecule has 3 aromatic rings. The minimum Gasteiger partial charge on any atom is -0.274 e. The van der Waals surface area contributed by atoms with Crippen molar-refractivity contribution in [1.82, 2.24) is 14.5 Å². The number of benzene rings is 1. The number of aryl methyl sites for hydroxylation is 1. The van der Waals surface area contributed by atoms with E-state index in [4.69, 9.17) is 0 Å². The number of aromatic nitrogens is 2. The number of imide groups is 1. The van der Waals surface area contributed by atoms with Crippen molar-refractivity contribution in [3.8, 4) is 0 Å². The summed E-state index contributed by atoms with van der Waals surface area (Å²) in [6.07, 6.45) is 5.18. The number of halogens is 1. The monoisotopic (exact) mass is 383 g/mol. The molecular weight excluding hydrogens is 370 g/mol. The van der Waals surface area contributed by atoms with Crippen molar-refractivity contribution in [2.45, 2.75) is 12.8 Å². The zero-order valence-electron chi connectivity index (χ0n) is 12.8. The molecule has 4 rings (SSSR count). The summed E-state index contributed by atoms with van der Waals surface area (Å²) in [5.74, 6) is -0.395. The molecule has 2 aromatic heterocycles. The molecule has 0 saturated carbocycles. The number of pyridine rings is 1. The lowest BCUT2D eigenvalue weighted by Crippen LogP contribution is -2.30. The van der Waals surface area contributed by atoms with Crippen LogP contribution in [0.4, 0.5) is 0 Å². The van der Waals surface area contributed by atoms with Crippen LogP contribution < -0.4 is 0 Å². The molecule has 0 aliphatic carbocycles. The Kier molecular flexibility index (Phi) is 3.69. The SMILES string of the molecule is O=C1c2ccccc2C(=O)N1CCCc1cnn2cccc(Br)c12. The Morgan fingerprint density at radius 2 is 1.71 bits per heavy atom. The molecule has 1 aliphatic rings. The number of hydrogen-bond acceptors (Lipinski definition) is 3. The maximum absolute atomic E-state index is 12.3. The van der Waals surface area contributed by atoms with E-state index in [0.29, 0.717) is 24.1 Å². The molecule has 0 spiro atoms. The van der Waals surface area contributed by atoms with Crippen LogP contribution in [0.3, 0.4) is 0 Å². The maximum Gasteiger partial charge on any atom is 0.261 e. The van der Waals surface area contributed by atoms with Gasteiger partial charge in [-0.3, -0.25) is 14.5 Å². The van der Waals surface area contributed by atoms with Gasteiger partial charge in [-0.05, 0) is 58.6 Å². The van der Waals surface area contributed by atoms with Crippen molar-refractivity contribution >= 4 is 33.3 Å². The lowest BCUT2D eigenvalue weighted by molar-refractivity contribution is 0.0652. The van der Waals surface area contributed by atoms with Crippen LogP contribution in [0.15, 0.2) is 53.3 Å². The third kappa shape index (κ3) is 2.34. The molecule has 0 bridgehead atoms. The minimum atomic E-state index is -0.198. The zero-order valence-corrected chi connectivity index (χ0v) is 14.4. The third-order valence-electron chi connectivity index (χ3n) is 4.27. The van der Waals surface area contributed by atoms with Crippen molar-refractivity contribution in [2.75, 3.05) is 6.54 Å². The average Bonchev–Trinajstić information content (AvgIpc) is 3.11. The van der Waals surface area contributed by atoms with Crippen molar-refractivity contribution in [3.63, 3.8) is 0 Å². The number of amides is 2. The lowest BCUT2D eigenvalue weighted by atomic mass is 10.1. The van der Waals surface area contributed by atoms with E-state index in [1.807, 2.05) is 29.0 Å². The first-order valence-corrected chi connectivity index (χ1v) is 8.52. The quantitative estimate of drug-likeness (QED) is 0.649. The average molecular weight is 384 g/mol.